The molecule has 0 aliphatic carbocycles. The summed E-state index contributed by atoms with van der Waals surface area (Å²) in [6.45, 7) is 17.9. The van der Waals surface area contributed by atoms with Crippen LogP contribution in [0.5, 0.6) is 0 Å². The molecule has 0 aromatic carbocycles. The molecule has 8 heteroatoms. The summed E-state index contributed by atoms with van der Waals surface area (Å²) in [5, 5.41) is 3.26. The predicted molar refractivity (Wildman–Crippen MR) is 133 cm³/mol. The molecular weight excluding hydrogens is 414 g/mol. The lowest BCUT2D eigenvalue weighted by atomic mass is 9.86. The maximum Gasteiger partial charge on any atom is 0.230 e. The fourth-order valence-corrected chi connectivity index (χ4v) is 4.73. The zero-order valence-corrected chi connectivity index (χ0v) is 20.4. The van der Waals surface area contributed by atoms with Gasteiger partial charge >= 0.3 is 0 Å². The summed E-state index contributed by atoms with van der Waals surface area (Å²) in [4.78, 5) is 32.0. The Morgan fingerprint density at radius 3 is 2.39 bits per heavy atom. The highest BCUT2D eigenvalue weighted by Crippen LogP contribution is 2.47. The molecule has 0 spiro atoms. The number of nitrogens with one attached hydrogen (secondary N) is 1. The van der Waals surface area contributed by atoms with Crippen LogP contribution in [0.15, 0.2) is 36.8 Å². The summed E-state index contributed by atoms with van der Waals surface area (Å²) in [7, 11) is 0. The van der Waals surface area contributed by atoms with Gasteiger partial charge in [-0.2, -0.15) is 4.98 Å². The van der Waals surface area contributed by atoms with E-state index in [1.165, 1.54) is 0 Å². The van der Waals surface area contributed by atoms with Gasteiger partial charge in [0, 0.05) is 62.0 Å². The van der Waals surface area contributed by atoms with Crippen LogP contribution in [-0.4, -0.2) is 58.0 Å². The average molecular weight is 450 g/mol. The quantitative estimate of drug-likeness (QED) is 0.712. The highest BCUT2D eigenvalue weighted by Gasteiger charge is 2.42. The number of piperazine rings is 1. The number of aromatic nitrogens is 3. The molecule has 8 nitrogen and oxygen atoms in total. The fraction of sp³-hybridized carbons (Fsp3) is 0.520. The topological polar surface area (TPSA) is 77.5 Å². The predicted octanol–water partition coefficient (Wildman–Crippen LogP) is 4.08. The van der Waals surface area contributed by atoms with Crippen molar-refractivity contribution in [2.75, 3.05) is 41.3 Å². The number of fused-ring (bicyclic) bond motifs is 1. The van der Waals surface area contributed by atoms with Crippen molar-refractivity contribution in [3.05, 3.63) is 42.4 Å². The monoisotopic (exact) mass is 449 g/mol. The number of pyridine rings is 1. The Labute approximate surface area is 196 Å². The first kappa shape index (κ1) is 23.0. The van der Waals surface area contributed by atoms with Crippen molar-refractivity contribution < 1.29 is 4.79 Å². The van der Waals surface area contributed by atoms with Crippen LogP contribution in [0.3, 0.4) is 0 Å². The van der Waals surface area contributed by atoms with Gasteiger partial charge in [0.2, 0.25) is 11.9 Å². The Kier molecular flexibility index (Phi) is 6.28. The summed E-state index contributed by atoms with van der Waals surface area (Å²) in [5.74, 6) is 2.31. The van der Waals surface area contributed by atoms with Crippen molar-refractivity contribution in [3.63, 3.8) is 0 Å². The van der Waals surface area contributed by atoms with E-state index in [2.05, 4.69) is 59.4 Å². The van der Waals surface area contributed by atoms with E-state index in [1.54, 1.807) is 6.92 Å². The zero-order chi connectivity index (χ0) is 23.8. The zero-order valence-electron chi connectivity index (χ0n) is 20.4. The van der Waals surface area contributed by atoms with E-state index in [1.807, 2.05) is 29.4 Å². The van der Waals surface area contributed by atoms with Crippen LogP contribution in [0, 0.1) is 0 Å². The molecule has 176 valence electrons. The van der Waals surface area contributed by atoms with Crippen LogP contribution in [0.1, 0.15) is 53.0 Å². The minimum Gasteiger partial charge on any atom is -0.367 e. The van der Waals surface area contributed by atoms with Gasteiger partial charge in [0.25, 0.3) is 0 Å². The standard InChI is InChI=1S/C25H35N7O/c1-7-19(8-2)32-17(3)25(5,6)21-16-27-24(29-23(21)32)28-22-10-9-20(15-26-22)31-13-11-30(12-14-31)18(4)33/h9-10,15-16,19H,3,7-8,11-14H2,1-2,4-6H3,(H,26,27,28,29). The first-order valence-corrected chi connectivity index (χ1v) is 11.9. The van der Waals surface area contributed by atoms with E-state index in [0.717, 1.165) is 61.8 Å². The number of allylic oxidation sites excluding steroid dienone is 1. The summed E-state index contributed by atoms with van der Waals surface area (Å²) in [6.07, 6.45) is 5.84. The Morgan fingerprint density at radius 2 is 1.82 bits per heavy atom. The number of anilines is 4. The van der Waals surface area contributed by atoms with E-state index in [4.69, 9.17) is 4.98 Å². The second-order valence-electron chi connectivity index (χ2n) is 9.36. The lowest BCUT2D eigenvalue weighted by molar-refractivity contribution is -0.129. The molecule has 2 aromatic heterocycles. The smallest absolute Gasteiger partial charge is 0.230 e. The number of amides is 1. The Morgan fingerprint density at radius 1 is 1.12 bits per heavy atom. The van der Waals surface area contributed by atoms with E-state index in [-0.39, 0.29) is 11.3 Å². The van der Waals surface area contributed by atoms with Crippen molar-refractivity contribution in [1.29, 1.82) is 0 Å². The molecule has 2 aliphatic rings. The van der Waals surface area contributed by atoms with E-state index in [9.17, 15) is 4.79 Å². The maximum atomic E-state index is 11.5. The van der Waals surface area contributed by atoms with Crippen LogP contribution >= 0.6 is 0 Å². The molecule has 2 aromatic rings. The van der Waals surface area contributed by atoms with Gasteiger partial charge in [0.05, 0.1) is 11.9 Å². The Hall–Kier alpha value is -3.16. The van der Waals surface area contributed by atoms with E-state index < -0.39 is 0 Å². The van der Waals surface area contributed by atoms with Crippen molar-refractivity contribution >= 4 is 29.2 Å². The molecule has 4 rings (SSSR count). The van der Waals surface area contributed by atoms with Gasteiger partial charge in [-0.15, -0.1) is 0 Å². The highest BCUT2D eigenvalue weighted by molar-refractivity contribution is 5.73. The van der Waals surface area contributed by atoms with Crippen LogP contribution in [0.4, 0.5) is 23.3 Å². The third kappa shape index (κ3) is 4.26. The minimum absolute atomic E-state index is 0.136. The van der Waals surface area contributed by atoms with Gasteiger partial charge in [-0.1, -0.05) is 34.3 Å². The van der Waals surface area contributed by atoms with Gasteiger partial charge in [0.1, 0.15) is 11.6 Å². The molecule has 0 saturated carbocycles. The first-order chi connectivity index (χ1) is 15.8. The number of hydrogen-bond donors (Lipinski definition) is 1. The first-order valence-electron chi connectivity index (χ1n) is 11.9. The molecule has 1 fully saturated rings. The van der Waals surface area contributed by atoms with Crippen molar-refractivity contribution in [2.45, 2.75) is 58.9 Å². The molecule has 33 heavy (non-hydrogen) atoms. The molecule has 2 aliphatic heterocycles. The summed E-state index contributed by atoms with van der Waals surface area (Å²) < 4.78 is 0. The molecule has 0 unspecified atom stereocenters. The molecule has 1 saturated heterocycles. The lowest BCUT2D eigenvalue weighted by Crippen LogP contribution is -2.48. The SMILES string of the molecule is C=C1N(C(CC)CC)c2nc(Nc3ccc(N4CCN(C(C)=O)CC4)cn3)ncc2C1(C)C. The molecule has 0 atom stereocenters. The second-order valence-corrected chi connectivity index (χ2v) is 9.36. The normalized spacial score (nSPS) is 17.5. The molecular formula is C25H35N7O. The van der Waals surface area contributed by atoms with Crippen LogP contribution in [0.2, 0.25) is 0 Å². The third-order valence-electron chi connectivity index (χ3n) is 7.07. The molecule has 1 amide bonds. The van der Waals surface area contributed by atoms with Gasteiger partial charge in [-0.25, -0.2) is 9.97 Å². The summed E-state index contributed by atoms with van der Waals surface area (Å²) in [6, 6.07) is 4.36. The Bertz CT molecular complexity index is 1020. The lowest BCUT2D eigenvalue weighted by Gasteiger charge is -2.35. The third-order valence-corrected chi connectivity index (χ3v) is 7.07. The van der Waals surface area contributed by atoms with Crippen LogP contribution in [-0.2, 0) is 10.2 Å². The van der Waals surface area contributed by atoms with E-state index in [0.29, 0.717) is 17.8 Å². The summed E-state index contributed by atoms with van der Waals surface area (Å²) in [5.41, 5.74) is 3.04. The largest absolute Gasteiger partial charge is 0.367 e. The van der Waals surface area contributed by atoms with Crippen molar-refractivity contribution in [1.82, 2.24) is 19.9 Å². The minimum atomic E-state index is -0.192. The number of nitrogens with zero attached hydrogens (tertiary/aromatic N) is 6. The average Bonchev–Trinajstić information content (AvgIpc) is 3.01. The number of carbonyl (C=O) groups excluding carboxylic acids is 1. The molecule has 1 N–H and O–H groups in total. The Balaban J connectivity index is 1.50. The number of rotatable bonds is 6. The number of hydrogen-bond acceptors (Lipinski definition) is 7. The fourth-order valence-electron chi connectivity index (χ4n) is 4.73. The second kappa shape index (κ2) is 9.00. The maximum absolute atomic E-state index is 11.5. The highest BCUT2D eigenvalue weighted by atomic mass is 16.2. The van der Waals surface area contributed by atoms with Crippen molar-refractivity contribution in [2.24, 2.45) is 0 Å². The van der Waals surface area contributed by atoms with Crippen LogP contribution < -0.4 is 15.1 Å². The van der Waals surface area contributed by atoms with Crippen LogP contribution in [0.25, 0.3) is 0 Å². The molecule has 0 radical (unpaired) electrons. The number of carbonyl (C=O) groups is 1. The summed E-state index contributed by atoms with van der Waals surface area (Å²) >= 11 is 0. The van der Waals surface area contributed by atoms with Gasteiger partial charge in [0.15, 0.2) is 0 Å². The van der Waals surface area contributed by atoms with Crippen molar-refractivity contribution in [3.8, 4) is 0 Å². The molecule has 4 heterocycles. The van der Waals surface area contributed by atoms with Gasteiger partial charge in [-0.05, 0) is 25.0 Å². The molecule has 0 bridgehead atoms. The van der Waals surface area contributed by atoms with Gasteiger partial charge < -0.3 is 20.0 Å². The van der Waals surface area contributed by atoms with Gasteiger partial charge in [-0.3, -0.25) is 4.79 Å². The van der Waals surface area contributed by atoms with E-state index >= 15 is 0 Å².